The van der Waals surface area contributed by atoms with E-state index in [-0.39, 0.29) is 68.1 Å². The molecule has 0 spiro atoms. The number of rotatable bonds is 18. The number of cyclic esters (lactones) is 1. The van der Waals surface area contributed by atoms with Crippen molar-refractivity contribution in [3.63, 3.8) is 0 Å². The van der Waals surface area contributed by atoms with E-state index in [4.69, 9.17) is 20.8 Å². The Kier molecular flexibility index (Phi) is 22.3. The van der Waals surface area contributed by atoms with Crippen LogP contribution in [0.2, 0.25) is 0 Å². The summed E-state index contributed by atoms with van der Waals surface area (Å²) in [5, 5.41) is 65.1. The predicted octanol–water partition coefficient (Wildman–Crippen LogP) is -3.95. The van der Waals surface area contributed by atoms with Crippen molar-refractivity contribution in [3.8, 4) is 11.5 Å². The molecule has 7 amide bonds. The summed E-state index contributed by atoms with van der Waals surface area (Å²) in [5.41, 5.74) is 11.7. The number of nitrogens with zero attached hydrogens (tertiary/aromatic N) is 3. The average molecular weight is 1090 g/mol. The van der Waals surface area contributed by atoms with Gasteiger partial charge in [-0.15, -0.1) is 0 Å². The molecule has 1 unspecified atom stereocenters. The molecule has 2 aliphatic rings. The van der Waals surface area contributed by atoms with Crippen molar-refractivity contribution in [2.45, 2.75) is 139 Å². The maximum atomic E-state index is 14.7. The second-order valence-electron chi connectivity index (χ2n) is 18.6. The van der Waals surface area contributed by atoms with Crippen LogP contribution in [-0.2, 0) is 70.5 Å². The van der Waals surface area contributed by atoms with Crippen molar-refractivity contribution in [1.82, 2.24) is 36.4 Å². The molecular formula is C47H68N10O18S. The van der Waals surface area contributed by atoms with E-state index in [2.05, 4.69) is 35.8 Å². The first-order valence-electron chi connectivity index (χ1n) is 24.2. The highest BCUT2D eigenvalue weighted by atomic mass is 32.3. The lowest BCUT2D eigenvalue weighted by Gasteiger charge is -2.43. The number of amides is 7. The largest absolute Gasteiger partial charge is 0.508 e. The van der Waals surface area contributed by atoms with E-state index >= 15 is 0 Å². The van der Waals surface area contributed by atoms with Crippen LogP contribution < -0.4 is 38.1 Å². The monoisotopic (exact) mass is 1090 g/mol. The third-order valence-electron chi connectivity index (χ3n) is 12.8. The molecule has 12 atom stereocenters. The van der Waals surface area contributed by atoms with Crippen LogP contribution in [0, 0.1) is 5.92 Å². The molecule has 0 radical (unpaired) electrons. The van der Waals surface area contributed by atoms with Gasteiger partial charge in [0.2, 0.25) is 35.4 Å². The van der Waals surface area contributed by atoms with Gasteiger partial charge in [-0.25, -0.2) is 8.98 Å². The highest BCUT2D eigenvalue weighted by Gasteiger charge is 2.47. The first-order chi connectivity index (χ1) is 35.6. The lowest BCUT2D eigenvalue weighted by Crippen LogP contribution is -2.67. The number of fused-ring (bicyclic) bond motifs is 2. The third kappa shape index (κ3) is 17.4. The Morgan fingerprint density at radius 3 is 2.05 bits per heavy atom. The van der Waals surface area contributed by atoms with Crippen molar-refractivity contribution in [2.24, 2.45) is 22.4 Å². The number of hydrogen-bond acceptors (Lipinski definition) is 18. The Balaban J connectivity index is 1.89. The first-order valence-corrected chi connectivity index (χ1v) is 25.6. The van der Waals surface area contributed by atoms with Gasteiger partial charge in [0.1, 0.15) is 72.7 Å². The van der Waals surface area contributed by atoms with Crippen molar-refractivity contribution < 1.29 is 85.8 Å². The summed E-state index contributed by atoms with van der Waals surface area (Å²) in [4.78, 5) is 120. The Morgan fingerprint density at radius 2 is 1.49 bits per heavy atom. The molecule has 2 heterocycles. The Labute approximate surface area is 437 Å². The molecule has 2 aromatic rings. The Morgan fingerprint density at radius 1 is 0.882 bits per heavy atom. The SMILES string of the molecule is CC[C@@H](C)[C@@H]1NC(=O)[C@H](Cc2ccc(O)cc2)N(C)C(=O)C([C@@H](C)O)N2C(=O)[C@H](CC[C@H]2O)NC(=O)[C@H](CCCN=C(N)N)NC(=O)[C@@H](NC(=O)[C@H](Cc2ccc(O)cc2)NC(=O)[C@H](O)COS(=O)(=O)O)[C@H](C)OC1=O. The van der Waals surface area contributed by atoms with E-state index < -0.39 is 143 Å². The quantitative estimate of drug-likeness (QED) is 0.0223. The van der Waals surface area contributed by atoms with Gasteiger partial charge >= 0.3 is 16.4 Å². The minimum Gasteiger partial charge on any atom is -0.508 e. The molecule has 0 aliphatic carbocycles. The zero-order valence-electron chi connectivity index (χ0n) is 42.4. The molecule has 0 saturated carbocycles. The molecule has 28 nitrogen and oxygen atoms in total. The number of carbonyl (C=O) groups excluding carboxylic acids is 8. The van der Waals surface area contributed by atoms with Gasteiger partial charge < -0.3 is 78.1 Å². The molecule has 2 aromatic carbocycles. The second-order valence-corrected chi connectivity index (χ2v) is 19.6. The van der Waals surface area contributed by atoms with E-state index in [9.17, 15) is 72.3 Å². The fourth-order valence-corrected chi connectivity index (χ4v) is 8.61. The zero-order valence-corrected chi connectivity index (χ0v) is 43.2. The van der Waals surface area contributed by atoms with Crippen LogP contribution in [0.25, 0.3) is 0 Å². The fourth-order valence-electron chi connectivity index (χ4n) is 8.31. The van der Waals surface area contributed by atoms with E-state index in [1.165, 1.54) is 69.4 Å². The van der Waals surface area contributed by atoms with Gasteiger partial charge in [0.25, 0.3) is 5.91 Å². The number of benzene rings is 2. The van der Waals surface area contributed by atoms with Gasteiger partial charge in [-0.3, -0.25) is 43.1 Å². The summed E-state index contributed by atoms with van der Waals surface area (Å²) in [6, 6.07) is -1.10. The number of phenols is 2. The lowest BCUT2D eigenvalue weighted by molar-refractivity contribution is -0.170. The topological polar surface area (TPSA) is 442 Å². The number of guanidine groups is 1. The maximum Gasteiger partial charge on any atom is 0.397 e. The van der Waals surface area contributed by atoms with Crippen LogP contribution in [0.1, 0.15) is 70.9 Å². The minimum atomic E-state index is -5.15. The number of nitrogens with two attached hydrogens (primary N) is 2. The van der Waals surface area contributed by atoms with E-state index in [1.54, 1.807) is 13.8 Å². The number of piperidine rings is 1. The first kappa shape index (κ1) is 61.4. The van der Waals surface area contributed by atoms with Gasteiger partial charge in [-0.2, -0.15) is 8.42 Å². The smallest absolute Gasteiger partial charge is 0.397 e. The summed E-state index contributed by atoms with van der Waals surface area (Å²) in [7, 11) is -3.94. The molecule has 76 heavy (non-hydrogen) atoms. The fraction of sp³-hybridized carbons (Fsp3) is 0.553. The number of likely N-dealkylation sites (N-methyl/N-ethyl adjacent to an activating group) is 1. The van der Waals surface area contributed by atoms with Crippen LogP contribution in [0.4, 0.5) is 0 Å². The van der Waals surface area contributed by atoms with Crippen LogP contribution >= 0.6 is 0 Å². The molecule has 29 heteroatoms. The molecule has 420 valence electrons. The molecule has 15 N–H and O–H groups in total. The third-order valence-corrected chi connectivity index (χ3v) is 13.2. The van der Waals surface area contributed by atoms with Gasteiger partial charge in [-0.1, -0.05) is 44.5 Å². The maximum absolute atomic E-state index is 14.7. The molecule has 2 bridgehead atoms. The summed E-state index contributed by atoms with van der Waals surface area (Å²) in [6.07, 6.45) is -8.67. The summed E-state index contributed by atoms with van der Waals surface area (Å²) < 4.78 is 41.3. The van der Waals surface area contributed by atoms with Crippen molar-refractivity contribution in [3.05, 3.63) is 59.7 Å². The van der Waals surface area contributed by atoms with Gasteiger partial charge in [0, 0.05) is 26.4 Å². The summed E-state index contributed by atoms with van der Waals surface area (Å²) in [5.74, 6) is -10.4. The second kappa shape index (κ2) is 27.6. The number of aliphatic imine (C=N–C) groups is 1. The van der Waals surface area contributed by atoms with Gasteiger partial charge in [0.15, 0.2) is 12.1 Å². The van der Waals surface area contributed by atoms with Crippen LogP contribution in [0.15, 0.2) is 53.5 Å². The number of hydrogen-bond donors (Lipinski definition) is 13. The van der Waals surface area contributed by atoms with Crippen molar-refractivity contribution in [2.75, 3.05) is 20.2 Å². The number of aliphatic hydroxyl groups excluding tert-OH is 3. The highest BCUT2D eigenvalue weighted by molar-refractivity contribution is 7.80. The summed E-state index contributed by atoms with van der Waals surface area (Å²) >= 11 is 0. The van der Waals surface area contributed by atoms with E-state index in [0.717, 1.165) is 4.90 Å². The zero-order chi connectivity index (χ0) is 56.8. The highest BCUT2D eigenvalue weighted by Crippen LogP contribution is 2.25. The summed E-state index contributed by atoms with van der Waals surface area (Å²) in [6.45, 7) is 4.22. The number of carbonyl (C=O) groups is 8. The van der Waals surface area contributed by atoms with Gasteiger partial charge in [-0.05, 0) is 80.8 Å². The number of ether oxygens (including phenoxy) is 1. The van der Waals surface area contributed by atoms with E-state index in [1.807, 2.05) is 0 Å². The minimum absolute atomic E-state index is 0.00181. The molecule has 2 saturated heterocycles. The Hall–Kier alpha value is -7.18. The molecule has 2 aliphatic heterocycles. The van der Waals surface area contributed by atoms with Crippen LogP contribution in [0.3, 0.4) is 0 Å². The molecule has 4 rings (SSSR count). The molecule has 0 aromatic heterocycles. The van der Waals surface area contributed by atoms with Crippen LogP contribution in [0.5, 0.6) is 11.5 Å². The number of nitrogens with one attached hydrogen (secondary N) is 5. The molecule has 2 fully saturated rings. The number of esters is 1. The van der Waals surface area contributed by atoms with Crippen LogP contribution in [-0.4, -0.2) is 189 Å². The number of aromatic hydroxyl groups is 2. The normalized spacial score (nSPS) is 24.9. The van der Waals surface area contributed by atoms with Crippen molar-refractivity contribution >= 4 is 63.7 Å². The standard InChI is InChI=1S/C47H68N10O18S/c1-6-23(2)36-46(70)75-25(4)37(55-40(64)32(20-26-9-13-28(59)14-10-26)53-42(66)34(61)22-74-76(71,72)73)43(67)51-30(8-7-19-50-47(48)49)39(63)52-31-17-18-35(62)57(44(31)68)38(24(3)58)45(69)56(5)33(41(65)54-36)21-27-11-15-29(60)16-12-27/h9-16,23-25,30-38,58-62H,6-8,17-22H2,1-5H3,(H,51,67)(H,52,63)(H,53,66)(H,54,65)(H,55,64)(H4,48,49,50)(H,71,72,73)/t23-,24-,25+,30+,31+,32+,33+,34-,35-,36+,37+,38?/m1/s1. The number of aliphatic hydroxyl groups is 3. The van der Waals surface area contributed by atoms with Gasteiger partial charge in [0.05, 0.1) is 6.10 Å². The number of phenolic OH excluding ortho intramolecular Hbond substituents is 2. The molecular weight excluding hydrogens is 1020 g/mol. The Bertz CT molecular complexity index is 2530. The predicted molar refractivity (Wildman–Crippen MR) is 266 cm³/mol. The average Bonchev–Trinajstić information content (AvgIpc) is 3.35. The van der Waals surface area contributed by atoms with Crippen molar-refractivity contribution in [1.29, 1.82) is 0 Å². The van der Waals surface area contributed by atoms with E-state index in [0.29, 0.717) is 10.5 Å². The lowest BCUT2D eigenvalue weighted by atomic mass is 9.96.